The van der Waals surface area contributed by atoms with E-state index in [4.69, 9.17) is 9.47 Å². The quantitative estimate of drug-likeness (QED) is 0.452. The number of aliphatic hydroxyl groups excluding tert-OH is 1. The number of methoxy groups -OCH3 is 1. The molecule has 5 rings (SSSR count). The van der Waals surface area contributed by atoms with Crippen molar-refractivity contribution in [3.8, 4) is 17.2 Å². The van der Waals surface area contributed by atoms with Crippen LogP contribution in [-0.4, -0.2) is 34.3 Å². The average Bonchev–Trinajstić information content (AvgIpc) is 3.17. The molecule has 1 fully saturated rings. The molecule has 4 aromatic rings. The van der Waals surface area contributed by atoms with Crippen LogP contribution in [0.2, 0.25) is 0 Å². The zero-order chi connectivity index (χ0) is 20.5. The summed E-state index contributed by atoms with van der Waals surface area (Å²) in [4.78, 5) is 9.08. The predicted molar refractivity (Wildman–Crippen MR) is 120 cm³/mol. The first-order valence-electron chi connectivity index (χ1n) is 10.2. The zero-order valence-electron chi connectivity index (χ0n) is 16.7. The van der Waals surface area contributed by atoms with E-state index >= 15 is 0 Å². The van der Waals surface area contributed by atoms with E-state index in [1.54, 1.807) is 24.6 Å². The maximum absolute atomic E-state index is 10.2. The summed E-state index contributed by atoms with van der Waals surface area (Å²) >= 11 is 1.58. The number of thiazole rings is 1. The van der Waals surface area contributed by atoms with Crippen molar-refractivity contribution in [2.75, 3.05) is 12.4 Å². The van der Waals surface area contributed by atoms with Crippen molar-refractivity contribution in [2.24, 2.45) is 0 Å². The van der Waals surface area contributed by atoms with Crippen molar-refractivity contribution >= 4 is 37.6 Å². The molecule has 0 saturated heterocycles. The van der Waals surface area contributed by atoms with Crippen LogP contribution in [0.5, 0.6) is 17.2 Å². The van der Waals surface area contributed by atoms with Crippen molar-refractivity contribution in [3.63, 3.8) is 0 Å². The van der Waals surface area contributed by atoms with Crippen molar-refractivity contribution in [3.05, 3.63) is 48.7 Å². The van der Waals surface area contributed by atoms with Gasteiger partial charge in [-0.3, -0.25) is 4.98 Å². The fourth-order valence-corrected chi connectivity index (χ4v) is 4.87. The maximum atomic E-state index is 10.2. The molecule has 2 aromatic carbocycles. The number of benzene rings is 2. The highest BCUT2D eigenvalue weighted by Gasteiger charge is 2.23. The molecule has 0 amide bonds. The van der Waals surface area contributed by atoms with Gasteiger partial charge in [-0.25, -0.2) is 4.98 Å². The van der Waals surface area contributed by atoms with Crippen LogP contribution in [0.15, 0.2) is 48.7 Å². The van der Waals surface area contributed by atoms with Gasteiger partial charge in [-0.05, 0) is 49.2 Å². The number of aromatic nitrogens is 2. The van der Waals surface area contributed by atoms with E-state index in [2.05, 4.69) is 15.3 Å². The van der Waals surface area contributed by atoms with E-state index in [1.807, 2.05) is 42.5 Å². The molecule has 0 aliphatic heterocycles. The molecular weight excluding hydrogens is 398 g/mol. The van der Waals surface area contributed by atoms with Crippen LogP contribution in [0.1, 0.15) is 25.7 Å². The SMILES string of the molecule is COc1ccc2nccc(Oc3ccc4nc(N[C@@H]5CCCC[C@H]5O)sc4c3)c2c1. The van der Waals surface area contributed by atoms with Crippen molar-refractivity contribution in [2.45, 2.75) is 37.8 Å². The van der Waals surface area contributed by atoms with E-state index in [1.165, 1.54) is 0 Å². The highest BCUT2D eigenvalue weighted by Crippen LogP contribution is 2.35. The zero-order valence-corrected chi connectivity index (χ0v) is 17.5. The minimum atomic E-state index is -0.304. The predicted octanol–water partition coefficient (Wildman–Crippen LogP) is 5.36. The fourth-order valence-electron chi connectivity index (χ4n) is 3.91. The first-order valence-corrected chi connectivity index (χ1v) is 11.0. The van der Waals surface area contributed by atoms with Gasteiger partial charge in [-0.15, -0.1) is 0 Å². The third kappa shape index (κ3) is 3.78. The first-order chi connectivity index (χ1) is 14.7. The molecule has 0 unspecified atom stereocenters. The van der Waals surface area contributed by atoms with Crippen LogP contribution < -0.4 is 14.8 Å². The molecule has 0 bridgehead atoms. The fraction of sp³-hybridized carbons (Fsp3) is 0.304. The van der Waals surface area contributed by atoms with Gasteiger partial charge in [0.15, 0.2) is 5.13 Å². The van der Waals surface area contributed by atoms with Crippen LogP contribution in [-0.2, 0) is 0 Å². The molecular formula is C23H23N3O3S. The molecule has 0 radical (unpaired) electrons. The number of hydrogen-bond donors (Lipinski definition) is 2. The minimum absolute atomic E-state index is 0.0770. The maximum Gasteiger partial charge on any atom is 0.184 e. The van der Waals surface area contributed by atoms with Crippen LogP contribution in [0.4, 0.5) is 5.13 Å². The van der Waals surface area contributed by atoms with E-state index < -0.39 is 0 Å². The van der Waals surface area contributed by atoms with Gasteiger partial charge in [0.1, 0.15) is 17.2 Å². The highest BCUT2D eigenvalue weighted by atomic mass is 32.1. The molecule has 154 valence electrons. The summed E-state index contributed by atoms with van der Waals surface area (Å²) in [6, 6.07) is 13.6. The van der Waals surface area contributed by atoms with Gasteiger partial charge in [0.05, 0.1) is 35.0 Å². The average molecular weight is 422 g/mol. The Morgan fingerprint density at radius 2 is 1.87 bits per heavy atom. The van der Waals surface area contributed by atoms with Crippen LogP contribution in [0, 0.1) is 0 Å². The Morgan fingerprint density at radius 3 is 2.73 bits per heavy atom. The van der Waals surface area contributed by atoms with Crippen molar-refractivity contribution in [1.82, 2.24) is 9.97 Å². The lowest BCUT2D eigenvalue weighted by molar-refractivity contribution is 0.116. The number of ether oxygens (including phenoxy) is 2. The summed E-state index contributed by atoms with van der Waals surface area (Å²) in [5, 5.41) is 15.4. The Kier molecular flexibility index (Phi) is 5.14. The van der Waals surface area contributed by atoms with E-state index in [0.717, 1.165) is 69.2 Å². The van der Waals surface area contributed by atoms with E-state index in [-0.39, 0.29) is 12.1 Å². The van der Waals surface area contributed by atoms with Gasteiger partial charge >= 0.3 is 0 Å². The number of rotatable bonds is 5. The number of anilines is 1. The summed E-state index contributed by atoms with van der Waals surface area (Å²) in [5.41, 5.74) is 1.77. The molecule has 2 N–H and O–H groups in total. The van der Waals surface area contributed by atoms with Gasteiger partial charge in [0.25, 0.3) is 0 Å². The lowest BCUT2D eigenvalue weighted by Crippen LogP contribution is -2.36. The molecule has 1 aliphatic rings. The number of nitrogens with zero attached hydrogens (tertiary/aromatic N) is 2. The van der Waals surface area contributed by atoms with E-state index in [0.29, 0.717) is 0 Å². The van der Waals surface area contributed by atoms with Gasteiger partial charge in [-0.1, -0.05) is 24.2 Å². The van der Waals surface area contributed by atoms with Crippen LogP contribution in [0.25, 0.3) is 21.1 Å². The highest BCUT2D eigenvalue weighted by molar-refractivity contribution is 7.22. The Morgan fingerprint density at radius 1 is 1.03 bits per heavy atom. The Balaban J connectivity index is 1.41. The van der Waals surface area contributed by atoms with Gasteiger partial charge in [0.2, 0.25) is 0 Å². The number of nitrogens with one attached hydrogen (secondary N) is 1. The molecule has 2 heterocycles. The van der Waals surface area contributed by atoms with Crippen molar-refractivity contribution < 1.29 is 14.6 Å². The summed E-state index contributed by atoms with van der Waals surface area (Å²) < 4.78 is 12.6. The third-order valence-electron chi connectivity index (χ3n) is 5.53. The lowest BCUT2D eigenvalue weighted by Gasteiger charge is -2.27. The van der Waals surface area contributed by atoms with Crippen LogP contribution in [0.3, 0.4) is 0 Å². The standard InChI is InChI=1S/C23H23N3O3S/c1-28-14-6-8-17-16(12-14)21(10-11-24-17)29-15-7-9-19-22(13-15)30-23(26-19)25-18-4-2-3-5-20(18)27/h6-13,18,20,27H,2-5H2,1H3,(H,25,26)/t18-,20-/m1/s1. The van der Waals surface area contributed by atoms with E-state index in [9.17, 15) is 5.11 Å². The third-order valence-corrected chi connectivity index (χ3v) is 6.48. The normalized spacial score (nSPS) is 19.1. The second-order valence-corrected chi connectivity index (χ2v) is 8.58. The molecule has 2 aromatic heterocycles. The number of pyridine rings is 1. The Bertz CT molecular complexity index is 1190. The topological polar surface area (TPSA) is 76.5 Å². The molecule has 0 spiro atoms. The molecule has 2 atom stereocenters. The second kappa shape index (κ2) is 8.08. The summed E-state index contributed by atoms with van der Waals surface area (Å²) in [6.07, 6.45) is 5.50. The van der Waals surface area contributed by atoms with Gasteiger partial charge in [-0.2, -0.15) is 0 Å². The number of hydrogen-bond acceptors (Lipinski definition) is 7. The molecule has 1 aliphatic carbocycles. The summed E-state index contributed by atoms with van der Waals surface area (Å²) in [7, 11) is 1.65. The molecule has 1 saturated carbocycles. The summed E-state index contributed by atoms with van der Waals surface area (Å²) in [6.45, 7) is 0. The largest absolute Gasteiger partial charge is 0.497 e. The number of fused-ring (bicyclic) bond motifs is 2. The van der Waals surface area contributed by atoms with Gasteiger partial charge < -0.3 is 19.9 Å². The minimum Gasteiger partial charge on any atom is -0.497 e. The first kappa shape index (κ1) is 19.1. The lowest BCUT2D eigenvalue weighted by atomic mass is 9.93. The molecule has 7 heteroatoms. The Labute approximate surface area is 178 Å². The second-order valence-electron chi connectivity index (χ2n) is 7.55. The monoisotopic (exact) mass is 421 g/mol. The Hall–Kier alpha value is -2.90. The molecule has 30 heavy (non-hydrogen) atoms. The summed E-state index contributed by atoms with van der Waals surface area (Å²) in [5.74, 6) is 2.23. The van der Waals surface area contributed by atoms with Crippen LogP contribution >= 0.6 is 11.3 Å². The van der Waals surface area contributed by atoms with Crippen molar-refractivity contribution in [1.29, 1.82) is 0 Å². The van der Waals surface area contributed by atoms with Gasteiger partial charge in [0, 0.05) is 17.6 Å². The smallest absolute Gasteiger partial charge is 0.184 e. The molecule has 6 nitrogen and oxygen atoms in total. The number of aliphatic hydroxyl groups is 1.